The molecule has 1 amide bonds. The van der Waals surface area contributed by atoms with Gasteiger partial charge in [-0.25, -0.2) is 0 Å². The molecule has 3 rings (SSSR count). The predicted octanol–water partition coefficient (Wildman–Crippen LogP) is 3.26. The summed E-state index contributed by atoms with van der Waals surface area (Å²) < 4.78 is 11.3. The lowest BCUT2D eigenvalue weighted by atomic mass is 10.0. The number of aliphatic imine (C=N–C) groups is 1. The van der Waals surface area contributed by atoms with Crippen molar-refractivity contribution < 1.29 is 14.3 Å². The number of anilines is 1. The number of methoxy groups -OCH3 is 2. The molecule has 0 bridgehead atoms. The molecule has 6 heteroatoms. The van der Waals surface area contributed by atoms with Crippen LogP contribution in [0.25, 0.3) is 0 Å². The SMILES string of the molecule is COc1ccc(C2=NCC(=O)Nc3cc(OC)c(Br)cc32)cc1. The highest BCUT2D eigenvalue weighted by molar-refractivity contribution is 9.10. The fourth-order valence-corrected chi connectivity index (χ4v) is 2.94. The molecule has 1 aliphatic rings. The fraction of sp³-hybridized carbons (Fsp3) is 0.176. The first kappa shape index (κ1) is 15.6. The number of carbonyl (C=O) groups excluding carboxylic acids is 1. The van der Waals surface area contributed by atoms with E-state index in [1.165, 1.54) is 0 Å². The van der Waals surface area contributed by atoms with Crippen molar-refractivity contribution in [1.82, 2.24) is 0 Å². The number of ether oxygens (including phenoxy) is 2. The van der Waals surface area contributed by atoms with E-state index in [4.69, 9.17) is 9.47 Å². The molecule has 0 aliphatic carbocycles. The van der Waals surface area contributed by atoms with Crippen LogP contribution in [-0.2, 0) is 4.79 Å². The van der Waals surface area contributed by atoms with Gasteiger partial charge in [0.25, 0.3) is 0 Å². The zero-order chi connectivity index (χ0) is 16.4. The molecule has 0 aromatic heterocycles. The van der Waals surface area contributed by atoms with Gasteiger partial charge in [0, 0.05) is 17.2 Å². The van der Waals surface area contributed by atoms with Gasteiger partial charge in [0.2, 0.25) is 5.91 Å². The molecule has 5 nitrogen and oxygen atoms in total. The Balaban J connectivity index is 2.13. The van der Waals surface area contributed by atoms with Crippen LogP contribution in [0.15, 0.2) is 45.9 Å². The number of carbonyl (C=O) groups is 1. The molecule has 2 aromatic rings. The van der Waals surface area contributed by atoms with Crippen LogP contribution in [0.1, 0.15) is 11.1 Å². The van der Waals surface area contributed by atoms with Crippen LogP contribution >= 0.6 is 15.9 Å². The maximum Gasteiger partial charge on any atom is 0.246 e. The average molecular weight is 375 g/mol. The second-order valence-corrected chi connectivity index (χ2v) is 5.83. The first-order valence-corrected chi connectivity index (χ1v) is 7.78. The van der Waals surface area contributed by atoms with Crippen LogP contribution in [0.2, 0.25) is 0 Å². The van der Waals surface area contributed by atoms with Crippen LogP contribution in [0.3, 0.4) is 0 Å². The molecule has 23 heavy (non-hydrogen) atoms. The standard InChI is InChI=1S/C17H15BrN2O3/c1-22-11-5-3-10(4-6-11)17-12-7-13(18)15(23-2)8-14(12)20-16(21)9-19-17/h3-8H,9H2,1-2H3,(H,20,21). The molecular weight excluding hydrogens is 360 g/mol. The largest absolute Gasteiger partial charge is 0.497 e. The van der Waals surface area contributed by atoms with Crippen molar-refractivity contribution in [1.29, 1.82) is 0 Å². The van der Waals surface area contributed by atoms with Gasteiger partial charge < -0.3 is 14.8 Å². The lowest BCUT2D eigenvalue weighted by molar-refractivity contribution is -0.114. The third-order valence-corrected chi connectivity index (χ3v) is 4.19. The van der Waals surface area contributed by atoms with E-state index in [-0.39, 0.29) is 12.5 Å². The first-order chi connectivity index (χ1) is 11.1. The maximum absolute atomic E-state index is 11.9. The number of benzene rings is 2. The number of fused-ring (bicyclic) bond motifs is 1. The molecular formula is C17H15BrN2O3. The Kier molecular flexibility index (Phi) is 4.34. The van der Waals surface area contributed by atoms with Crippen molar-refractivity contribution >= 4 is 33.2 Å². The molecule has 2 aromatic carbocycles. The number of hydrogen-bond donors (Lipinski definition) is 1. The molecule has 1 N–H and O–H groups in total. The predicted molar refractivity (Wildman–Crippen MR) is 92.8 cm³/mol. The van der Waals surface area contributed by atoms with E-state index in [1.807, 2.05) is 30.3 Å². The minimum atomic E-state index is -0.154. The van der Waals surface area contributed by atoms with E-state index >= 15 is 0 Å². The van der Waals surface area contributed by atoms with Crippen LogP contribution in [0.5, 0.6) is 11.5 Å². The van der Waals surface area contributed by atoms with Crippen LogP contribution in [0, 0.1) is 0 Å². The number of benzodiazepines with no additional fused rings is 1. The zero-order valence-electron chi connectivity index (χ0n) is 12.7. The normalized spacial score (nSPS) is 13.5. The molecule has 0 atom stereocenters. The molecule has 0 unspecified atom stereocenters. The Hall–Kier alpha value is -2.34. The molecule has 0 spiro atoms. The van der Waals surface area contributed by atoms with Crippen LogP contribution in [0.4, 0.5) is 5.69 Å². The summed E-state index contributed by atoms with van der Waals surface area (Å²) in [5.41, 5.74) is 3.20. The first-order valence-electron chi connectivity index (χ1n) is 6.99. The number of amides is 1. The molecule has 0 saturated heterocycles. The summed E-state index contributed by atoms with van der Waals surface area (Å²) in [6.45, 7) is 0.0793. The van der Waals surface area contributed by atoms with Gasteiger partial charge in [-0.1, -0.05) is 0 Å². The second-order valence-electron chi connectivity index (χ2n) is 4.97. The Morgan fingerprint density at radius 2 is 1.87 bits per heavy atom. The summed E-state index contributed by atoms with van der Waals surface area (Å²) in [4.78, 5) is 16.4. The van der Waals surface area contributed by atoms with E-state index in [9.17, 15) is 4.79 Å². The van der Waals surface area contributed by atoms with Crippen molar-refractivity contribution in [2.24, 2.45) is 4.99 Å². The molecule has 118 valence electrons. The Labute approximate surface area is 142 Å². The average Bonchev–Trinajstić information content (AvgIpc) is 2.72. The van der Waals surface area contributed by atoms with Gasteiger partial charge >= 0.3 is 0 Å². The van der Waals surface area contributed by atoms with Gasteiger partial charge in [0.1, 0.15) is 18.0 Å². The zero-order valence-corrected chi connectivity index (χ0v) is 14.3. The Morgan fingerprint density at radius 1 is 1.13 bits per heavy atom. The van der Waals surface area contributed by atoms with Gasteiger partial charge in [0.05, 0.1) is 30.1 Å². The smallest absolute Gasteiger partial charge is 0.246 e. The number of rotatable bonds is 3. The lowest BCUT2D eigenvalue weighted by Gasteiger charge is -2.13. The van der Waals surface area contributed by atoms with E-state index < -0.39 is 0 Å². The third kappa shape index (κ3) is 3.07. The van der Waals surface area contributed by atoms with Crippen molar-refractivity contribution in [3.63, 3.8) is 0 Å². The van der Waals surface area contributed by atoms with Gasteiger partial charge in [0.15, 0.2) is 0 Å². The highest BCUT2D eigenvalue weighted by Gasteiger charge is 2.20. The second kappa shape index (κ2) is 6.42. The van der Waals surface area contributed by atoms with Crippen molar-refractivity contribution in [3.8, 4) is 11.5 Å². The van der Waals surface area contributed by atoms with Crippen molar-refractivity contribution in [3.05, 3.63) is 52.0 Å². The summed E-state index contributed by atoms with van der Waals surface area (Å²) in [5.74, 6) is 1.27. The van der Waals surface area contributed by atoms with E-state index in [0.29, 0.717) is 11.4 Å². The molecule has 0 saturated carbocycles. The Morgan fingerprint density at radius 3 is 2.52 bits per heavy atom. The minimum Gasteiger partial charge on any atom is -0.497 e. The number of nitrogens with one attached hydrogen (secondary N) is 1. The highest BCUT2D eigenvalue weighted by atomic mass is 79.9. The quantitative estimate of drug-likeness (QED) is 0.896. The molecule has 0 radical (unpaired) electrons. The maximum atomic E-state index is 11.9. The van der Waals surface area contributed by atoms with Gasteiger partial charge in [-0.05, 0) is 46.3 Å². The summed E-state index contributed by atoms with van der Waals surface area (Å²) >= 11 is 3.49. The summed E-state index contributed by atoms with van der Waals surface area (Å²) in [7, 11) is 3.21. The molecule has 0 fully saturated rings. The van der Waals surface area contributed by atoms with E-state index in [2.05, 4.69) is 26.2 Å². The number of halogens is 1. The van der Waals surface area contributed by atoms with Crippen molar-refractivity contribution in [2.75, 3.05) is 26.1 Å². The van der Waals surface area contributed by atoms with E-state index in [1.54, 1.807) is 20.3 Å². The van der Waals surface area contributed by atoms with Crippen molar-refractivity contribution in [2.45, 2.75) is 0 Å². The minimum absolute atomic E-state index is 0.0793. The van der Waals surface area contributed by atoms with Gasteiger partial charge in [-0.15, -0.1) is 0 Å². The summed E-state index contributed by atoms with van der Waals surface area (Å²) in [6.07, 6.45) is 0. The summed E-state index contributed by atoms with van der Waals surface area (Å²) in [5, 5.41) is 2.87. The fourth-order valence-electron chi connectivity index (χ4n) is 2.43. The summed E-state index contributed by atoms with van der Waals surface area (Å²) in [6, 6.07) is 11.3. The monoisotopic (exact) mass is 374 g/mol. The molecule has 1 aliphatic heterocycles. The topological polar surface area (TPSA) is 59.9 Å². The van der Waals surface area contributed by atoms with Crippen LogP contribution in [-0.4, -0.2) is 32.4 Å². The third-order valence-electron chi connectivity index (χ3n) is 3.57. The number of nitrogens with zero attached hydrogens (tertiary/aromatic N) is 1. The van der Waals surface area contributed by atoms with Gasteiger partial charge in [-0.3, -0.25) is 9.79 Å². The molecule has 1 heterocycles. The highest BCUT2D eigenvalue weighted by Crippen LogP contribution is 2.34. The number of hydrogen-bond acceptors (Lipinski definition) is 4. The van der Waals surface area contributed by atoms with E-state index in [0.717, 1.165) is 27.1 Å². The van der Waals surface area contributed by atoms with Gasteiger partial charge in [-0.2, -0.15) is 0 Å². The van der Waals surface area contributed by atoms with Crippen LogP contribution < -0.4 is 14.8 Å². The lowest BCUT2D eigenvalue weighted by Crippen LogP contribution is -2.13. The Bertz CT molecular complexity index is 785.